The van der Waals surface area contributed by atoms with Crippen LogP contribution in [-0.2, 0) is 14.4 Å². The summed E-state index contributed by atoms with van der Waals surface area (Å²) in [6.07, 6.45) is 12.7. The summed E-state index contributed by atoms with van der Waals surface area (Å²) in [4.78, 5) is 33.4. The topological polar surface area (TPSA) is 71.4 Å². The molecule has 0 saturated heterocycles. The van der Waals surface area contributed by atoms with Crippen molar-refractivity contribution >= 4 is 17.5 Å². The van der Waals surface area contributed by atoms with Gasteiger partial charge in [0.1, 0.15) is 0 Å². The Morgan fingerprint density at radius 1 is 0.682 bits per heavy atom. The molecule has 0 aliphatic carbocycles. The number of hydrogen-bond donors (Lipinski definition) is 1. The quantitative estimate of drug-likeness (QED) is 0.358. The van der Waals surface area contributed by atoms with Crippen LogP contribution in [0.4, 0.5) is 0 Å². The Morgan fingerprint density at radius 3 is 1.55 bits per heavy atom. The fourth-order valence-electron chi connectivity index (χ4n) is 2.18. The van der Waals surface area contributed by atoms with Gasteiger partial charge in [-0.1, -0.05) is 45.4 Å². The molecule has 0 fully saturated rings. The van der Waals surface area contributed by atoms with Gasteiger partial charge in [0.05, 0.1) is 0 Å². The first-order valence-electron chi connectivity index (χ1n) is 8.51. The predicted molar refractivity (Wildman–Crippen MR) is 87.9 cm³/mol. The number of allylic oxidation sites excluding steroid dienone is 2. The zero-order valence-corrected chi connectivity index (χ0v) is 13.8. The minimum Gasteiger partial charge on any atom is -0.481 e. The molecule has 4 nitrogen and oxygen atoms in total. The Hall–Kier alpha value is -1.45. The zero-order valence-electron chi connectivity index (χ0n) is 13.8. The van der Waals surface area contributed by atoms with Gasteiger partial charge in [-0.05, 0) is 31.4 Å². The molecule has 0 amide bonds. The summed E-state index contributed by atoms with van der Waals surface area (Å²) in [5.74, 6) is -0.670. The van der Waals surface area contributed by atoms with E-state index >= 15 is 0 Å². The molecule has 0 radical (unpaired) electrons. The van der Waals surface area contributed by atoms with E-state index in [2.05, 4.69) is 6.92 Å². The Morgan fingerprint density at radius 2 is 1.09 bits per heavy atom. The monoisotopic (exact) mass is 310 g/mol. The molecular formula is C18H30O4. The lowest BCUT2D eigenvalue weighted by Gasteiger charge is -2.00. The molecule has 0 aromatic rings. The summed E-state index contributed by atoms with van der Waals surface area (Å²) in [7, 11) is 0. The maximum absolute atomic E-state index is 11.6. The van der Waals surface area contributed by atoms with E-state index in [0.717, 1.165) is 57.8 Å². The van der Waals surface area contributed by atoms with Crippen LogP contribution in [0.1, 0.15) is 84.0 Å². The lowest BCUT2D eigenvalue weighted by atomic mass is 10.1. The van der Waals surface area contributed by atoms with Crippen molar-refractivity contribution in [2.45, 2.75) is 84.0 Å². The molecule has 4 heteroatoms. The highest BCUT2D eigenvalue weighted by molar-refractivity contribution is 5.98. The molecular weight excluding hydrogens is 280 g/mol. The number of carbonyl (C=O) groups is 3. The molecule has 1 N–H and O–H groups in total. The highest BCUT2D eigenvalue weighted by Crippen LogP contribution is 2.09. The summed E-state index contributed by atoms with van der Waals surface area (Å²) in [5, 5.41) is 8.50. The van der Waals surface area contributed by atoms with Crippen molar-refractivity contribution in [2.24, 2.45) is 0 Å². The first-order valence-corrected chi connectivity index (χ1v) is 8.51. The van der Waals surface area contributed by atoms with Crippen LogP contribution in [0.25, 0.3) is 0 Å². The molecule has 0 atom stereocenters. The maximum atomic E-state index is 11.6. The first-order chi connectivity index (χ1) is 10.6. The summed E-state index contributed by atoms with van der Waals surface area (Å²) in [5.41, 5.74) is 0. The number of carbonyl (C=O) groups excluding carboxylic acids is 2. The summed E-state index contributed by atoms with van der Waals surface area (Å²) in [6.45, 7) is 2.09. The van der Waals surface area contributed by atoms with E-state index in [0.29, 0.717) is 12.8 Å². The number of rotatable bonds is 15. The van der Waals surface area contributed by atoms with E-state index in [4.69, 9.17) is 5.11 Å². The first kappa shape index (κ1) is 20.6. The van der Waals surface area contributed by atoms with E-state index in [9.17, 15) is 14.4 Å². The third-order valence-electron chi connectivity index (χ3n) is 3.55. The highest BCUT2D eigenvalue weighted by atomic mass is 16.4. The lowest BCUT2D eigenvalue weighted by Crippen LogP contribution is -1.97. The number of aliphatic carboxylic acids is 1. The Labute approximate surface area is 134 Å². The van der Waals surface area contributed by atoms with E-state index in [1.165, 1.54) is 12.2 Å². The number of carboxylic acid groups (broad SMARTS) is 1. The average Bonchev–Trinajstić information content (AvgIpc) is 2.47. The van der Waals surface area contributed by atoms with Crippen LogP contribution in [0.2, 0.25) is 0 Å². The van der Waals surface area contributed by atoms with Crippen LogP contribution >= 0.6 is 0 Å². The summed E-state index contributed by atoms with van der Waals surface area (Å²) >= 11 is 0. The van der Waals surface area contributed by atoms with Crippen molar-refractivity contribution in [1.82, 2.24) is 0 Å². The van der Waals surface area contributed by atoms with Gasteiger partial charge >= 0.3 is 5.97 Å². The molecule has 0 saturated carbocycles. The van der Waals surface area contributed by atoms with Gasteiger partial charge in [0.25, 0.3) is 0 Å². The fourth-order valence-corrected chi connectivity index (χ4v) is 2.18. The minimum atomic E-state index is -0.735. The average molecular weight is 310 g/mol. The molecule has 126 valence electrons. The second-order valence-electron chi connectivity index (χ2n) is 5.74. The van der Waals surface area contributed by atoms with Crippen molar-refractivity contribution in [3.8, 4) is 0 Å². The van der Waals surface area contributed by atoms with Crippen LogP contribution in [-0.4, -0.2) is 22.6 Å². The summed E-state index contributed by atoms with van der Waals surface area (Å²) < 4.78 is 0. The lowest BCUT2D eigenvalue weighted by molar-refractivity contribution is -0.137. The molecule has 0 rings (SSSR count). The molecule has 0 unspecified atom stereocenters. The largest absolute Gasteiger partial charge is 0.481 e. The van der Waals surface area contributed by atoms with Crippen LogP contribution < -0.4 is 0 Å². The molecule has 0 aliphatic rings. The Kier molecular flexibility index (Phi) is 13.5. The van der Waals surface area contributed by atoms with E-state index in [1.54, 1.807) is 0 Å². The molecule has 0 aromatic heterocycles. The van der Waals surface area contributed by atoms with Gasteiger partial charge in [-0.3, -0.25) is 14.4 Å². The van der Waals surface area contributed by atoms with Crippen molar-refractivity contribution < 1.29 is 19.5 Å². The third-order valence-corrected chi connectivity index (χ3v) is 3.55. The summed E-state index contributed by atoms with van der Waals surface area (Å²) in [6, 6.07) is 0. The molecule has 0 spiro atoms. The van der Waals surface area contributed by atoms with Crippen LogP contribution in [0.5, 0.6) is 0 Å². The zero-order chi connectivity index (χ0) is 16.6. The van der Waals surface area contributed by atoms with Crippen LogP contribution in [0.15, 0.2) is 12.2 Å². The van der Waals surface area contributed by atoms with E-state index < -0.39 is 5.97 Å². The smallest absolute Gasteiger partial charge is 0.303 e. The van der Waals surface area contributed by atoms with Crippen molar-refractivity contribution in [2.75, 3.05) is 0 Å². The number of carboxylic acids is 1. The second kappa shape index (κ2) is 14.5. The van der Waals surface area contributed by atoms with Gasteiger partial charge in [-0.2, -0.15) is 0 Å². The van der Waals surface area contributed by atoms with Gasteiger partial charge < -0.3 is 5.11 Å². The SMILES string of the molecule is CCCCCC(=O)/C=C/C(=O)CCCCCCCCC(=O)O. The third kappa shape index (κ3) is 14.9. The fraction of sp³-hybridized carbons (Fsp3) is 0.722. The molecule has 0 heterocycles. The highest BCUT2D eigenvalue weighted by Gasteiger charge is 2.01. The van der Waals surface area contributed by atoms with Gasteiger partial charge in [0, 0.05) is 19.3 Å². The van der Waals surface area contributed by atoms with E-state index in [1.807, 2.05) is 0 Å². The molecule has 0 aliphatic heterocycles. The molecule has 0 bridgehead atoms. The van der Waals surface area contributed by atoms with Crippen molar-refractivity contribution in [3.05, 3.63) is 12.2 Å². The number of ketones is 2. The normalized spacial score (nSPS) is 11.0. The molecule has 0 aromatic carbocycles. The maximum Gasteiger partial charge on any atom is 0.303 e. The second-order valence-corrected chi connectivity index (χ2v) is 5.74. The van der Waals surface area contributed by atoms with Crippen molar-refractivity contribution in [1.29, 1.82) is 0 Å². The number of hydrogen-bond acceptors (Lipinski definition) is 3. The van der Waals surface area contributed by atoms with Gasteiger partial charge in [0.2, 0.25) is 0 Å². The number of unbranched alkanes of at least 4 members (excludes halogenated alkanes) is 7. The standard InChI is InChI=1S/C18H30O4/c1-2-3-8-11-16(19)14-15-17(20)12-9-6-4-5-7-10-13-18(21)22/h14-15H,2-13H2,1H3,(H,21,22)/b15-14+. The van der Waals surface area contributed by atoms with Gasteiger partial charge in [-0.15, -0.1) is 0 Å². The van der Waals surface area contributed by atoms with Crippen LogP contribution in [0, 0.1) is 0 Å². The van der Waals surface area contributed by atoms with Crippen LogP contribution in [0.3, 0.4) is 0 Å². The van der Waals surface area contributed by atoms with E-state index in [-0.39, 0.29) is 18.0 Å². The van der Waals surface area contributed by atoms with Gasteiger partial charge in [-0.25, -0.2) is 0 Å². The van der Waals surface area contributed by atoms with Crippen molar-refractivity contribution in [3.63, 3.8) is 0 Å². The molecule has 22 heavy (non-hydrogen) atoms. The predicted octanol–water partition coefficient (Wildman–Crippen LogP) is 4.47. The minimum absolute atomic E-state index is 0.0229. The Balaban J connectivity index is 3.49. The Bertz CT molecular complexity index is 358. The van der Waals surface area contributed by atoms with Gasteiger partial charge in [0.15, 0.2) is 11.6 Å².